The van der Waals surface area contributed by atoms with E-state index in [9.17, 15) is 8.42 Å². The molecule has 1 aromatic carbocycles. The van der Waals surface area contributed by atoms with E-state index < -0.39 is 9.84 Å². The average molecular weight is 334 g/mol. The van der Waals surface area contributed by atoms with E-state index >= 15 is 0 Å². The topological polar surface area (TPSA) is 46.2 Å². The first-order valence-electron chi connectivity index (χ1n) is 6.41. The first-order chi connectivity index (χ1) is 9.37. The maximum atomic E-state index is 11.6. The Kier molecular flexibility index (Phi) is 5.13. The molecule has 20 heavy (non-hydrogen) atoms. The second kappa shape index (κ2) is 6.48. The van der Waals surface area contributed by atoms with Crippen molar-refractivity contribution < 1.29 is 8.42 Å². The number of sulfone groups is 1. The van der Waals surface area contributed by atoms with Crippen molar-refractivity contribution >= 4 is 38.6 Å². The van der Waals surface area contributed by atoms with Crippen molar-refractivity contribution in [1.29, 1.82) is 0 Å². The molecule has 0 saturated heterocycles. The molecule has 0 spiro atoms. The molecule has 3 nitrogen and oxygen atoms in total. The quantitative estimate of drug-likeness (QED) is 0.923. The van der Waals surface area contributed by atoms with Gasteiger partial charge in [-0.2, -0.15) is 0 Å². The third-order valence-corrected chi connectivity index (χ3v) is 4.86. The van der Waals surface area contributed by atoms with Gasteiger partial charge in [-0.3, -0.25) is 0 Å². The summed E-state index contributed by atoms with van der Waals surface area (Å²) < 4.78 is 23.2. The summed E-state index contributed by atoms with van der Waals surface area (Å²) in [5, 5.41) is 4.26. The molecule has 1 N–H and O–H groups in total. The minimum absolute atomic E-state index is 0.0789. The van der Waals surface area contributed by atoms with E-state index in [4.69, 9.17) is 23.2 Å². The molecular formula is C14H17Cl2NO2S. The molecule has 1 heterocycles. The zero-order valence-electron chi connectivity index (χ0n) is 11.2. The van der Waals surface area contributed by atoms with Crippen LogP contribution >= 0.6 is 23.2 Å². The van der Waals surface area contributed by atoms with Crippen molar-refractivity contribution in [2.24, 2.45) is 0 Å². The Morgan fingerprint density at radius 1 is 1.25 bits per heavy atom. The van der Waals surface area contributed by atoms with Crippen LogP contribution in [0.5, 0.6) is 0 Å². The molecule has 0 bridgehead atoms. The summed E-state index contributed by atoms with van der Waals surface area (Å²) in [4.78, 5) is 0. The van der Waals surface area contributed by atoms with Gasteiger partial charge in [-0.05, 0) is 48.2 Å². The summed E-state index contributed by atoms with van der Waals surface area (Å²) >= 11 is 12.0. The molecule has 0 fully saturated rings. The largest absolute Gasteiger partial charge is 0.313 e. The Labute approximate surface area is 129 Å². The number of hydrogen-bond acceptors (Lipinski definition) is 3. The molecule has 6 heteroatoms. The second-order valence-corrected chi connectivity index (χ2v) is 8.02. The third-order valence-electron chi connectivity index (χ3n) is 3.25. The molecule has 1 aliphatic rings. The van der Waals surface area contributed by atoms with Gasteiger partial charge in [0.25, 0.3) is 0 Å². The number of allylic oxidation sites excluding steroid dienone is 1. The maximum absolute atomic E-state index is 11.6. The van der Waals surface area contributed by atoms with Crippen LogP contribution < -0.4 is 5.32 Å². The number of nitrogens with one attached hydrogen (secondary N) is 1. The molecule has 1 aliphatic heterocycles. The SMILES string of the molecule is CS(=O)(=O)CC1=C(c2ccc(Cl)c(Cl)c2)CCCNC1. The van der Waals surface area contributed by atoms with Gasteiger partial charge < -0.3 is 5.32 Å². The molecular weight excluding hydrogens is 317 g/mol. The van der Waals surface area contributed by atoms with Gasteiger partial charge >= 0.3 is 0 Å². The number of benzene rings is 1. The molecule has 0 unspecified atom stereocenters. The highest BCUT2D eigenvalue weighted by Gasteiger charge is 2.17. The fraction of sp³-hybridized carbons (Fsp3) is 0.429. The molecule has 1 aromatic rings. The van der Waals surface area contributed by atoms with E-state index in [1.165, 1.54) is 6.26 Å². The van der Waals surface area contributed by atoms with Crippen molar-refractivity contribution in [3.05, 3.63) is 39.4 Å². The summed E-state index contributed by atoms with van der Waals surface area (Å²) in [7, 11) is -3.06. The molecule has 0 atom stereocenters. The maximum Gasteiger partial charge on any atom is 0.151 e. The number of rotatable bonds is 3. The molecule has 0 saturated carbocycles. The van der Waals surface area contributed by atoms with E-state index in [1.807, 2.05) is 12.1 Å². The third kappa shape index (κ3) is 4.22. The van der Waals surface area contributed by atoms with Crippen LogP contribution in [0.3, 0.4) is 0 Å². The van der Waals surface area contributed by atoms with Gasteiger partial charge in [0.15, 0.2) is 9.84 Å². The van der Waals surface area contributed by atoms with E-state index in [0.717, 1.165) is 36.1 Å². The van der Waals surface area contributed by atoms with Gasteiger partial charge in [-0.15, -0.1) is 0 Å². The van der Waals surface area contributed by atoms with E-state index in [1.54, 1.807) is 6.07 Å². The molecule has 0 aromatic heterocycles. The molecule has 0 aliphatic carbocycles. The van der Waals surface area contributed by atoms with Gasteiger partial charge in [-0.25, -0.2) is 8.42 Å². The van der Waals surface area contributed by atoms with Crippen LogP contribution in [0.2, 0.25) is 10.0 Å². The molecule has 2 rings (SSSR count). The lowest BCUT2D eigenvalue weighted by Crippen LogP contribution is -2.20. The van der Waals surface area contributed by atoms with Crippen molar-refractivity contribution in [2.75, 3.05) is 25.1 Å². The number of halogens is 2. The minimum Gasteiger partial charge on any atom is -0.313 e. The summed E-state index contributed by atoms with van der Waals surface area (Å²) in [5.74, 6) is 0.0789. The highest BCUT2D eigenvalue weighted by Crippen LogP contribution is 2.31. The van der Waals surface area contributed by atoms with Crippen molar-refractivity contribution in [3.63, 3.8) is 0 Å². The number of hydrogen-bond donors (Lipinski definition) is 1. The van der Waals surface area contributed by atoms with Crippen LogP contribution in [0.25, 0.3) is 5.57 Å². The standard InChI is InChI=1S/C14H17Cl2NO2S/c1-20(18,19)9-11-8-17-6-2-3-12(11)10-4-5-13(15)14(16)7-10/h4-5,7,17H,2-3,6,8-9H2,1H3. The van der Waals surface area contributed by atoms with E-state index in [2.05, 4.69) is 5.32 Å². The normalized spacial score (nSPS) is 17.1. The second-order valence-electron chi connectivity index (χ2n) is 5.06. The molecule has 0 radical (unpaired) electrons. The lowest BCUT2D eigenvalue weighted by Gasteiger charge is -2.13. The lowest BCUT2D eigenvalue weighted by molar-refractivity contribution is 0.603. The Morgan fingerprint density at radius 3 is 2.65 bits per heavy atom. The van der Waals surface area contributed by atoms with Crippen molar-refractivity contribution in [2.45, 2.75) is 12.8 Å². The van der Waals surface area contributed by atoms with Crippen LogP contribution in [0.15, 0.2) is 23.8 Å². The molecule has 0 amide bonds. The van der Waals surface area contributed by atoms with Gasteiger partial charge in [0.05, 0.1) is 15.8 Å². The van der Waals surface area contributed by atoms with Crippen LogP contribution in [-0.4, -0.2) is 33.5 Å². The first-order valence-corrected chi connectivity index (χ1v) is 9.23. The smallest absolute Gasteiger partial charge is 0.151 e. The average Bonchev–Trinajstić information content (AvgIpc) is 2.56. The van der Waals surface area contributed by atoms with Gasteiger partial charge in [-0.1, -0.05) is 29.3 Å². The van der Waals surface area contributed by atoms with Gasteiger partial charge in [0.1, 0.15) is 0 Å². The Bertz CT molecular complexity index is 639. The highest BCUT2D eigenvalue weighted by molar-refractivity contribution is 7.90. The molecule has 110 valence electrons. The van der Waals surface area contributed by atoms with Crippen LogP contribution in [-0.2, 0) is 9.84 Å². The lowest BCUT2D eigenvalue weighted by atomic mass is 9.97. The zero-order chi connectivity index (χ0) is 14.8. The minimum atomic E-state index is -3.06. The van der Waals surface area contributed by atoms with E-state index in [0.29, 0.717) is 16.6 Å². The summed E-state index contributed by atoms with van der Waals surface area (Å²) in [6, 6.07) is 5.46. The van der Waals surface area contributed by atoms with Crippen molar-refractivity contribution in [1.82, 2.24) is 5.32 Å². The predicted molar refractivity (Wildman–Crippen MR) is 85.2 cm³/mol. The predicted octanol–water partition coefficient (Wildman–Crippen LogP) is 3.18. The Balaban J connectivity index is 2.47. The fourth-order valence-electron chi connectivity index (χ4n) is 2.40. The van der Waals surface area contributed by atoms with Gasteiger partial charge in [0.2, 0.25) is 0 Å². The van der Waals surface area contributed by atoms with Crippen LogP contribution in [0.1, 0.15) is 18.4 Å². The highest BCUT2D eigenvalue weighted by atomic mass is 35.5. The summed E-state index contributed by atoms with van der Waals surface area (Å²) in [5.41, 5.74) is 2.95. The fourth-order valence-corrected chi connectivity index (χ4v) is 3.61. The van der Waals surface area contributed by atoms with E-state index in [-0.39, 0.29) is 5.75 Å². The Morgan fingerprint density at radius 2 is 2.00 bits per heavy atom. The zero-order valence-corrected chi connectivity index (χ0v) is 13.6. The van der Waals surface area contributed by atoms with Crippen molar-refractivity contribution in [3.8, 4) is 0 Å². The first kappa shape index (κ1) is 15.8. The van der Waals surface area contributed by atoms with Gasteiger partial charge in [0, 0.05) is 12.8 Å². The summed E-state index contributed by atoms with van der Waals surface area (Å²) in [6.07, 6.45) is 3.08. The van der Waals surface area contributed by atoms with Crippen LogP contribution in [0, 0.1) is 0 Å². The van der Waals surface area contributed by atoms with Crippen LogP contribution in [0.4, 0.5) is 0 Å². The Hall–Kier alpha value is -0.550. The monoisotopic (exact) mass is 333 g/mol. The summed E-state index contributed by atoms with van der Waals surface area (Å²) in [6.45, 7) is 1.49.